The van der Waals surface area contributed by atoms with Crippen LogP contribution >= 0.6 is 0 Å². The summed E-state index contributed by atoms with van der Waals surface area (Å²) in [6, 6.07) is 17.2. The van der Waals surface area contributed by atoms with E-state index in [0.717, 1.165) is 28.3 Å². The molecule has 0 aliphatic rings. The number of amides is 1. The maximum Gasteiger partial charge on any atom is 0.257 e. The van der Waals surface area contributed by atoms with Crippen molar-refractivity contribution in [2.75, 3.05) is 17.2 Å². The SMILES string of the molecule is CCOc1ccc(Nc2ccc(C(=O)Nc3cc(C)ccc3C)cn2)cc1. The highest BCUT2D eigenvalue weighted by Gasteiger charge is 2.09. The largest absolute Gasteiger partial charge is 0.494 e. The van der Waals surface area contributed by atoms with E-state index in [4.69, 9.17) is 4.74 Å². The molecule has 0 saturated heterocycles. The summed E-state index contributed by atoms with van der Waals surface area (Å²) in [6.07, 6.45) is 1.57. The Kier molecular flexibility index (Phi) is 5.71. The summed E-state index contributed by atoms with van der Waals surface area (Å²) < 4.78 is 5.43. The smallest absolute Gasteiger partial charge is 0.257 e. The van der Waals surface area contributed by atoms with Crippen LogP contribution in [0.3, 0.4) is 0 Å². The highest BCUT2D eigenvalue weighted by atomic mass is 16.5. The summed E-state index contributed by atoms with van der Waals surface area (Å²) in [4.78, 5) is 16.8. The van der Waals surface area contributed by atoms with E-state index in [1.807, 2.05) is 63.2 Å². The molecular formula is C22H23N3O2. The van der Waals surface area contributed by atoms with E-state index in [0.29, 0.717) is 18.0 Å². The minimum atomic E-state index is -0.177. The number of ether oxygens (including phenoxy) is 1. The molecule has 0 aliphatic carbocycles. The van der Waals surface area contributed by atoms with E-state index in [2.05, 4.69) is 15.6 Å². The summed E-state index contributed by atoms with van der Waals surface area (Å²) in [6.45, 7) is 6.56. The van der Waals surface area contributed by atoms with Gasteiger partial charge in [0.15, 0.2) is 0 Å². The van der Waals surface area contributed by atoms with Crippen LogP contribution in [0.25, 0.3) is 0 Å². The molecule has 0 fully saturated rings. The molecule has 0 spiro atoms. The second-order valence-electron chi connectivity index (χ2n) is 6.29. The lowest BCUT2D eigenvalue weighted by Gasteiger charge is -2.10. The molecule has 5 nitrogen and oxygen atoms in total. The molecular weight excluding hydrogens is 338 g/mol. The number of rotatable bonds is 6. The Morgan fingerprint density at radius 2 is 1.81 bits per heavy atom. The molecule has 0 atom stereocenters. The van der Waals surface area contributed by atoms with Gasteiger partial charge >= 0.3 is 0 Å². The van der Waals surface area contributed by atoms with Crippen molar-refractivity contribution in [1.29, 1.82) is 0 Å². The van der Waals surface area contributed by atoms with Gasteiger partial charge in [0, 0.05) is 17.6 Å². The van der Waals surface area contributed by atoms with Crippen molar-refractivity contribution in [1.82, 2.24) is 4.98 Å². The van der Waals surface area contributed by atoms with Crippen molar-refractivity contribution in [3.05, 3.63) is 77.5 Å². The number of pyridine rings is 1. The molecule has 0 unspecified atom stereocenters. The minimum absolute atomic E-state index is 0.177. The van der Waals surface area contributed by atoms with E-state index in [1.54, 1.807) is 18.3 Å². The number of nitrogens with one attached hydrogen (secondary N) is 2. The summed E-state index contributed by atoms with van der Waals surface area (Å²) in [5.41, 5.74) is 4.35. The molecule has 5 heteroatoms. The third kappa shape index (κ3) is 4.85. The Bertz CT molecular complexity index is 919. The fraction of sp³-hybridized carbons (Fsp3) is 0.182. The summed E-state index contributed by atoms with van der Waals surface area (Å²) >= 11 is 0. The van der Waals surface area contributed by atoms with Crippen molar-refractivity contribution in [3.8, 4) is 5.75 Å². The van der Waals surface area contributed by atoms with Crippen LogP contribution in [0.5, 0.6) is 5.75 Å². The number of nitrogens with zero attached hydrogens (tertiary/aromatic N) is 1. The maximum absolute atomic E-state index is 12.5. The number of hydrogen-bond donors (Lipinski definition) is 2. The van der Waals surface area contributed by atoms with Crippen LogP contribution in [-0.4, -0.2) is 17.5 Å². The van der Waals surface area contributed by atoms with Crippen molar-refractivity contribution in [2.24, 2.45) is 0 Å². The molecule has 2 N–H and O–H groups in total. The van der Waals surface area contributed by atoms with Gasteiger partial charge in [0.2, 0.25) is 0 Å². The van der Waals surface area contributed by atoms with Gasteiger partial charge in [-0.1, -0.05) is 12.1 Å². The van der Waals surface area contributed by atoms with Crippen molar-refractivity contribution >= 4 is 23.1 Å². The Hall–Kier alpha value is -3.34. The summed E-state index contributed by atoms with van der Waals surface area (Å²) in [7, 11) is 0. The lowest BCUT2D eigenvalue weighted by molar-refractivity contribution is 0.102. The van der Waals surface area contributed by atoms with Gasteiger partial charge in [0.1, 0.15) is 11.6 Å². The van der Waals surface area contributed by atoms with Crippen LogP contribution in [0, 0.1) is 13.8 Å². The number of carbonyl (C=O) groups is 1. The summed E-state index contributed by atoms with van der Waals surface area (Å²) in [5, 5.41) is 6.15. The Balaban J connectivity index is 1.65. The van der Waals surface area contributed by atoms with Crippen LogP contribution in [0.2, 0.25) is 0 Å². The third-order valence-electron chi connectivity index (χ3n) is 4.10. The lowest BCUT2D eigenvalue weighted by Crippen LogP contribution is -2.13. The van der Waals surface area contributed by atoms with Crippen LogP contribution < -0.4 is 15.4 Å². The van der Waals surface area contributed by atoms with Crippen LogP contribution in [-0.2, 0) is 0 Å². The van der Waals surface area contributed by atoms with Crippen molar-refractivity contribution < 1.29 is 9.53 Å². The fourth-order valence-corrected chi connectivity index (χ4v) is 2.62. The number of aryl methyl sites for hydroxylation is 2. The minimum Gasteiger partial charge on any atom is -0.494 e. The Morgan fingerprint density at radius 1 is 1.04 bits per heavy atom. The molecule has 2 aromatic carbocycles. The molecule has 3 aromatic rings. The number of carbonyl (C=O) groups excluding carboxylic acids is 1. The fourth-order valence-electron chi connectivity index (χ4n) is 2.62. The molecule has 3 rings (SSSR count). The molecule has 0 bridgehead atoms. The zero-order valence-electron chi connectivity index (χ0n) is 15.7. The molecule has 1 heterocycles. The van der Waals surface area contributed by atoms with E-state index < -0.39 is 0 Å². The van der Waals surface area contributed by atoms with E-state index >= 15 is 0 Å². The van der Waals surface area contributed by atoms with Crippen molar-refractivity contribution in [3.63, 3.8) is 0 Å². The van der Waals surface area contributed by atoms with Gasteiger partial charge in [-0.2, -0.15) is 0 Å². The maximum atomic E-state index is 12.5. The van der Waals surface area contributed by atoms with E-state index in [9.17, 15) is 4.79 Å². The summed E-state index contributed by atoms with van der Waals surface area (Å²) in [5.74, 6) is 1.32. The Labute approximate surface area is 159 Å². The molecule has 1 amide bonds. The molecule has 138 valence electrons. The number of anilines is 3. The number of aromatic nitrogens is 1. The van der Waals surface area contributed by atoms with Gasteiger partial charge in [-0.15, -0.1) is 0 Å². The van der Waals surface area contributed by atoms with Gasteiger partial charge in [0.25, 0.3) is 5.91 Å². The molecule has 27 heavy (non-hydrogen) atoms. The normalized spacial score (nSPS) is 10.3. The first kappa shape index (κ1) is 18.5. The van der Waals surface area contributed by atoms with Crippen molar-refractivity contribution in [2.45, 2.75) is 20.8 Å². The topological polar surface area (TPSA) is 63.2 Å². The standard InChI is InChI=1S/C22H23N3O2/c1-4-27-19-10-8-18(9-11-19)24-21-12-7-17(14-23-21)22(26)25-20-13-15(2)5-6-16(20)3/h5-14H,4H2,1-3H3,(H,23,24)(H,25,26). The zero-order valence-corrected chi connectivity index (χ0v) is 15.7. The molecule has 0 saturated carbocycles. The van der Waals surface area contributed by atoms with Crippen LogP contribution in [0.15, 0.2) is 60.8 Å². The van der Waals surface area contributed by atoms with Crippen LogP contribution in [0.1, 0.15) is 28.4 Å². The predicted octanol–water partition coefficient (Wildman–Crippen LogP) is 5.09. The Morgan fingerprint density at radius 3 is 2.48 bits per heavy atom. The first-order chi connectivity index (χ1) is 13.0. The van der Waals surface area contributed by atoms with Gasteiger partial charge in [0.05, 0.1) is 12.2 Å². The first-order valence-corrected chi connectivity index (χ1v) is 8.89. The van der Waals surface area contributed by atoms with E-state index in [-0.39, 0.29) is 5.91 Å². The molecule has 1 aromatic heterocycles. The molecule has 0 aliphatic heterocycles. The average Bonchev–Trinajstić information content (AvgIpc) is 2.67. The highest BCUT2D eigenvalue weighted by Crippen LogP contribution is 2.20. The highest BCUT2D eigenvalue weighted by molar-refractivity contribution is 6.04. The zero-order chi connectivity index (χ0) is 19.2. The van der Waals surface area contributed by atoms with Gasteiger partial charge < -0.3 is 15.4 Å². The predicted molar refractivity (Wildman–Crippen MR) is 109 cm³/mol. The number of benzene rings is 2. The van der Waals surface area contributed by atoms with Crippen LogP contribution in [0.4, 0.5) is 17.2 Å². The monoisotopic (exact) mass is 361 g/mol. The number of hydrogen-bond acceptors (Lipinski definition) is 4. The van der Waals surface area contributed by atoms with Gasteiger partial charge in [-0.3, -0.25) is 4.79 Å². The van der Waals surface area contributed by atoms with E-state index in [1.165, 1.54) is 0 Å². The first-order valence-electron chi connectivity index (χ1n) is 8.89. The molecule has 0 radical (unpaired) electrons. The second-order valence-corrected chi connectivity index (χ2v) is 6.29. The average molecular weight is 361 g/mol. The quantitative estimate of drug-likeness (QED) is 0.642. The lowest BCUT2D eigenvalue weighted by atomic mass is 10.1. The van der Waals surface area contributed by atoms with Gasteiger partial charge in [-0.25, -0.2) is 4.98 Å². The third-order valence-corrected chi connectivity index (χ3v) is 4.10. The second kappa shape index (κ2) is 8.36. The van der Waals surface area contributed by atoms with Gasteiger partial charge in [-0.05, 0) is 74.4 Å².